The first-order chi connectivity index (χ1) is 7.04. The van der Waals surface area contributed by atoms with Crippen LogP contribution in [0.4, 0.5) is 0 Å². The molecule has 0 bridgehead atoms. The van der Waals surface area contributed by atoms with Crippen molar-refractivity contribution in [1.82, 2.24) is 4.90 Å². The van der Waals surface area contributed by atoms with Gasteiger partial charge in [0.1, 0.15) is 5.75 Å². The van der Waals surface area contributed by atoms with Crippen molar-refractivity contribution in [3.8, 4) is 5.75 Å². The standard InChI is InChI=1S/C11H17BrN2O/c1-14(2)7-10(13)9-6-8(12)4-5-11(9)15-3/h4-6,10H,7,13H2,1-3H3. The Bertz CT molecular complexity index is 328. The van der Waals surface area contributed by atoms with Gasteiger partial charge in [-0.3, -0.25) is 0 Å². The summed E-state index contributed by atoms with van der Waals surface area (Å²) in [6.07, 6.45) is 0. The molecule has 4 heteroatoms. The fourth-order valence-electron chi connectivity index (χ4n) is 1.49. The molecule has 0 saturated carbocycles. The molecular formula is C11H17BrN2O. The van der Waals surface area contributed by atoms with Gasteiger partial charge in [0, 0.05) is 22.6 Å². The molecule has 0 aliphatic rings. The Hall–Kier alpha value is -0.580. The van der Waals surface area contributed by atoms with Crippen LogP contribution in [0.15, 0.2) is 22.7 Å². The van der Waals surface area contributed by atoms with E-state index in [9.17, 15) is 0 Å². The molecule has 0 heterocycles. The second-order valence-electron chi connectivity index (χ2n) is 3.76. The maximum atomic E-state index is 6.10. The summed E-state index contributed by atoms with van der Waals surface area (Å²) in [7, 11) is 5.67. The Labute approximate surface area is 99.3 Å². The minimum absolute atomic E-state index is 0.0348. The van der Waals surface area contributed by atoms with E-state index in [0.29, 0.717) is 0 Å². The number of methoxy groups -OCH3 is 1. The van der Waals surface area contributed by atoms with Crippen molar-refractivity contribution in [2.24, 2.45) is 5.73 Å². The minimum atomic E-state index is -0.0348. The van der Waals surface area contributed by atoms with E-state index >= 15 is 0 Å². The van der Waals surface area contributed by atoms with Gasteiger partial charge >= 0.3 is 0 Å². The highest BCUT2D eigenvalue weighted by atomic mass is 79.9. The van der Waals surface area contributed by atoms with Crippen LogP contribution in [0.1, 0.15) is 11.6 Å². The van der Waals surface area contributed by atoms with Crippen molar-refractivity contribution in [2.45, 2.75) is 6.04 Å². The lowest BCUT2D eigenvalue weighted by Gasteiger charge is -2.19. The number of nitrogens with two attached hydrogens (primary N) is 1. The summed E-state index contributed by atoms with van der Waals surface area (Å²) in [5.74, 6) is 0.840. The van der Waals surface area contributed by atoms with E-state index < -0.39 is 0 Å². The molecule has 0 amide bonds. The van der Waals surface area contributed by atoms with Gasteiger partial charge in [0.15, 0.2) is 0 Å². The van der Waals surface area contributed by atoms with E-state index in [2.05, 4.69) is 20.8 Å². The fourth-order valence-corrected chi connectivity index (χ4v) is 1.87. The molecule has 0 radical (unpaired) electrons. The van der Waals surface area contributed by atoms with E-state index in [4.69, 9.17) is 10.5 Å². The van der Waals surface area contributed by atoms with Gasteiger partial charge in [-0.25, -0.2) is 0 Å². The molecular weight excluding hydrogens is 256 g/mol. The van der Waals surface area contributed by atoms with E-state index in [1.807, 2.05) is 32.3 Å². The quantitative estimate of drug-likeness (QED) is 0.912. The predicted octanol–water partition coefficient (Wildman–Crippen LogP) is 2.02. The van der Waals surface area contributed by atoms with Gasteiger partial charge in [-0.15, -0.1) is 0 Å². The van der Waals surface area contributed by atoms with Crippen LogP contribution in [-0.2, 0) is 0 Å². The summed E-state index contributed by atoms with van der Waals surface area (Å²) in [6, 6.07) is 5.85. The molecule has 0 saturated heterocycles. The van der Waals surface area contributed by atoms with Crippen molar-refractivity contribution in [3.05, 3.63) is 28.2 Å². The van der Waals surface area contributed by atoms with Gasteiger partial charge < -0.3 is 15.4 Å². The summed E-state index contributed by atoms with van der Waals surface area (Å²) in [5.41, 5.74) is 7.13. The molecule has 0 aromatic heterocycles. The molecule has 0 fully saturated rings. The Morgan fingerprint density at radius 1 is 1.47 bits per heavy atom. The third-order valence-corrected chi connectivity index (χ3v) is 2.65. The summed E-state index contributed by atoms with van der Waals surface area (Å²) < 4.78 is 6.30. The van der Waals surface area contributed by atoms with Crippen LogP contribution in [0.5, 0.6) is 5.75 Å². The topological polar surface area (TPSA) is 38.5 Å². The molecule has 0 aliphatic carbocycles. The van der Waals surface area contributed by atoms with Gasteiger partial charge in [-0.2, -0.15) is 0 Å². The molecule has 1 rings (SSSR count). The van der Waals surface area contributed by atoms with Crippen LogP contribution >= 0.6 is 15.9 Å². The number of benzene rings is 1. The fraction of sp³-hybridized carbons (Fsp3) is 0.455. The first kappa shape index (κ1) is 12.5. The number of halogens is 1. The third-order valence-electron chi connectivity index (χ3n) is 2.15. The number of hydrogen-bond donors (Lipinski definition) is 1. The van der Waals surface area contributed by atoms with Crippen LogP contribution in [-0.4, -0.2) is 32.6 Å². The number of hydrogen-bond acceptors (Lipinski definition) is 3. The van der Waals surface area contributed by atoms with Crippen LogP contribution in [0, 0.1) is 0 Å². The van der Waals surface area contributed by atoms with Crippen molar-refractivity contribution < 1.29 is 4.74 Å². The van der Waals surface area contributed by atoms with Gasteiger partial charge in [0.05, 0.1) is 7.11 Å². The first-order valence-electron chi connectivity index (χ1n) is 4.78. The van der Waals surface area contributed by atoms with Crippen LogP contribution in [0.2, 0.25) is 0 Å². The SMILES string of the molecule is COc1ccc(Br)cc1C(N)CN(C)C. The largest absolute Gasteiger partial charge is 0.496 e. The van der Waals surface area contributed by atoms with Crippen molar-refractivity contribution in [3.63, 3.8) is 0 Å². The smallest absolute Gasteiger partial charge is 0.123 e. The summed E-state index contributed by atoms with van der Waals surface area (Å²) in [5, 5.41) is 0. The highest BCUT2D eigenvalue weighted by molar-refractivity contribution is 9.10. The van der Waals surface area contributed by atoms with Gasteiger partial charge in [-0.05, 0) is 32.3 Å². The second kappa shape index (κ2) is 5.49. The third kappa shape index (κ3) is 3.48. The number of ether oxygens (including phenoxy) is 1. The molecule has 84 valence electrons. The lowest BCUT2D eigenvalue weighted by molar-refractivity contribution is 0.362. The number of rotatable bonds is 4. The second-order valence-corrected chi connectivity index (χ2v) is 4.67. The summed E-state index contributed by atoms with van der Waals surface area (Å²) >= 11 is 3.44. The zero-order valence-corrected chi connectivity index (χ0v) is 10.9. The van der Waals surface area contributed by atoms with Crippen LogP contribution < -0.4 is 10.5 Å². The molecule has 1 atom stereocenters. The van der Waals surface area contributed by atoms with Gasteiger partial charge in [-0.1, -0.05) is 15.9 Å². The summed E-state index contributed by atoms with van der Waals surface area (Å²) in [4.78, 5) is 2.06. The number of nitrogens with zero attached hydrogens (tertiary/aromatic N) is 1. The van der Waals surface area contributed by atoms with Crippen molar-refractivity contribution in [2.75, 3.05) is 27.7 Å². The van der Waals surface area contributed by atoms with Crippen LogP contribution in [0.3, 0.4) is 0 Å². The maximum Gasteiger partial charge on any atom is 0.123 e. The molecule has 1 unspecified atom stereocenters. The first-order valence-corrected chi connectivity index (χ1v) is 5.57. The average molecular weight is 273 g/mol. The van der Waals surface area contributed by atoms with Crippen molar-refractivity contribution >= 4 is 15.9 Å². The Kier molecular flexibility index (Phi) is 4.57. The lowest BCUT2D eigenvalue weighted by Crippen LogP contribution is -2.26. The van der Waals surface area contributed by atoms with E-state index in [1.165, 1.54) is 0 Å². The van der Waals surface area contributed by atoms with Crippen LogP contribution in [0.25, 0.3) is 0 Å². The average Bonchev–Trinajstić information content (AvgIpc) is 2.16. The lowest BCUT2D eigenvalue weighted by atomic mass is 10.1. The zero-order chi connectivity index (χ0) is 11.4. The molecule has 1 aromatic rings. The highest BCUT2D eigenvalue weighted by Gasteiger charge is 2.12. The normalized spacial score (nSPS) is 12.9. The number of likely N-dealkylation sites (N-methyl/N-ethyl adjacent to an activating group) is 1. The van der Waals surface area contributed by atoms with Gasteiger partial charge in [0.25, 0.3) is 0 Å². The molecule has 0 spiro atoms. The molecule has 2 N–H and O–H groups in total. The molecule has 1 aromatic carbocycles. The van der Waals surface area contributed by atoms with E-state index in [1.54, 1.807) is 7.11 Å². The monoisotopic (exact) mass is 272 g/mol. The Morgan fingerprint density at radius 3 is 2.67 bits per heavy atom. The highest BCUT2D eigenvalue weighted by Crippen LogP contribution is 2.27. The van der Waals surface area contributed by atoms with Crippen molar-refractivity contribution in [1.29, 1.82) is 0 Å². The minimum Gasteiger partial charge on any atom is -0.496 e. The molecule has 3 nitrogen and oxygen atoms in total. The van der Waals surface area contributed by atoms with E-state index in [-0.39, 0.29) is 6.04 Å². The van der Waals surface area contributed by atoms with E-state index in [0.717, 1.165) is 22.3 Å². The Balaban J connectivity index is 2.94. The maximum absolute atomic E-state index is 6.10. The summed E-state index contributed by atoms with van der Waals surface area (Å²) in [6.45, 7) is 0.798. The molecule has 0 aliphatic heterocycles. The predicted molar refractivity (Wildman–Crippen MR) is 66.2 cm³/mol. The Morgan fingerprint density at radius 2 is 2.13 bits per heavy atom. The molecule has 15 heavy (non-hydrogen) atoms. The van der Waals surface area contributed by atoms with Gasteiger partial charge in [0.2, 0.25) is 0 Å². The zero-order valence-electron chi connectivity index (χ0n) is 9.33.